The van der Waals surface area contributed by atoms with Gasteiger partial charge in [-0.25, -0.2) is 0 Å². The molecule has 0 N–H and O–H groups in total. The monoisotopic (exact) mass is 182 g/mol. The lowest BCUT2D eigenvalue weighted by atomic mass is 9.85. The average Bonchev–Trinajstić information content (AvgIpc) is 2.19. The van der Waals surface area contributed by atoms with Gasteiger partial charge in [-0.15, -0.1) is 6.58 Å². The van der Waals surface area contributed by atoms with Crippen molar-refractivity contribution in [3.05, 3.63) is 24.8 Å². The number of rotatable bonds is 5. The van der Waals surface area contributed by atoms with Crippen LogP contribution in [0.25, 0.3) is 0 Å². The van der Waals surface area contributed by atoms with Crippen LogP contribution in [0.1, 0.15) is 32.1 Å². The molecule has 0 aromatic rings. The number of halogens is 1. The lowest BCUT2D eigenvalue weighted by Gasteiger charge is -2.21. The van der Waals surface area contributed by atoms with E-state index in [1.807, 2.05) is 6.08 Å². The Morgan fingerprint density at radius 3 is 2.92 bits per heavy atom. The van der Waals surface area contributed by atoms with Crippen molar-refractivity contribution in [3.63, 3.8) is 0 Å². The second-order valence-corrected chi connectivity index (χ2v) is 3.93. The van der Waals surface area contributed by atoms with E-state index in [9.17, 15) is 4.39 Å². The highest BCUT2D eigenvalue weighted by molar-refractivity contribution is 4.91. The summed E-state index contributed by atoms with van der Waals surface area (Å²) < 4.78 is 12.5. The Kier molecular flexibility index (Phi) is 4.81. The second-order valence-electron chi connectivity index (χ2n) is 3.93. The summed E-state index contributed by atoms with van der Waals surface area (Å²) >= 11 is 0. The maximum absolute atomic E-state index is 12.5. The van der Waals surface area contributed by atoms with E-state index in [2.05, 4.69) is 18.7 Å². The Bertz CT molecular complexity index is 172. The highest BCUT2D eigenvalue weighted by Crippen LogP contribution is 2.26. The summed E-state index contributed by atoms with van der Waals surface area (Å²) in [6.07, 6.45) is 11.7. The lowest BCUT2D eigenvalue weighted by Crippen LogP contribution is -2.11. The van der Waals surface area contributed by atoms with Crippen molar-refractivity contribution < 1.29 is 4.39 Å². The maximum Gasteiger partial charge on any atom is 0.0925 e. The van der Waals surface area contributed by atoms with Gasteiger partial charge in [-0.05, 0) is 43.9 Å². The zero-order valence-corrected chi connectivity index (χ0v) is 8.21. The molecule has 0 radical (unpaired) electrons. The minimum Gasteiger partial charge on any atom is -0.251 e. The largest absolute Gasteiger partial charge is 0.251 e. The van der Waals surface area contributed by atoms with Crippen molar-refractivity contribution in [1.82, 2.24) is 0 Å². The smallest absolute Gasteiger partial charge is 0.0925 e. The van der Waals surface area contributed by atoms with Crippen LogP contribution in [0.2, 0.25) is 0 Å². The summed E-state index contributed by atoms with van der Waals surface area (Å²) in [7, 11) is 0. The van der Waals surface area contributed by atoms with Crippen molar-refractivity contribution in [2.45, 2.75) is 32.1 Å². The Morgan fingerprint density at radius 1 is 1.54 bits per heavy atom. The minimum atomic E-state index is -0.188. The van der Waals surface area contributed by atoms with Gasteiger partial charge < -0.3 is 0 Å². The third-order valence-corrected chi connectivity index (χ3v) is 2.76. The third kappa shape index (κ3) is 3.75. The first-order chi connectivity index (χ1) is 6.36. The van der Waals surface area contributed by atoms with Gasteiger partial charge in [0.1, 0.15) is 0 Å². The molecule has 74 valence electrons. The van der Waals surface area contributed by atoms with Gasteiger partial charge in [0.25, 0.3) is 0 Å². The molecular weight excluding hydrogens is 163 g/mol. The van der Waals surface area contributed by atoms with Gasteiger partial charge in [0.15, 0.2) is 0 Å². The van der Waals surface area contributed by atoms with Crippen LogP contribution in [-0.4, -0.2) is 6.67 Å². The third-order valence-electron chi connectivity index (χ3n) is 2.76. The van der Waals surface area contributed by atoms with E-state index in [0.717, 1.165) is 19.3 Å². The Morgan fingerprint density at radius 2 is 2.38 bits per heavy atom. The molecule has 0 bridgehead atoms. The molecule has 2 atom stereocenters. The van der Waals surface area contributed by atoms with Crippen LogP contribution in [0, 0.1) is 11.8 Å². The molecular formula is C12H19F. The molecule has 0 saturated heterocycles. The van der Waals surface area contributed by atoms with Crippen LogP contribution in [0.5, 0.6) is 0 Å². The standard InChI is InChI=1S/C12H19F/c1-2-6-12(10-13)9-11-7-4-3-5-8-11/h2-4,11-12H,1,5-10H2. The van der Waals surface area contributed by atoms with Crippen molar-refractivity contribution in [3.8, 4) is 0 Å². The molecule has 2 unspecified atom stereocenters. The number of hydrogen-bond donors (Lipinski definition) is 0. The van der Waals surface area contributed by atoms with Crippen LogP contribution >= 0.6 is 0 Å². The average molecular weight is 182 g/mol. The van der Waals surface area contributed by atoms with Crippen LogP contribution in [0.15, 0.2) is 24.8 Å². The quantitative estimate of drug-likeness (QED) is 0.566. The maximum atomic E-state index is 12.5. The summed E-state index contributed by atoms with van der Waals surface area (Å²) in [6, 6.07) is 0. The first-order valence-corrected chi connectivity index (χ1v) is 5.18. The van der Waals surface area contributed by atoms with Crippen LogP contribution < -0.4 is 0 Å². The molecule has 0 aromatic carbocycles. The normalized spacial score (nSPS) is 24.2. The number of alkyl halides is 1. The molecule has 0 aliphatic heterocycles. The van der Waals surface area contributed by atoms with Gasteiger partial charge in [-0.2, -0.15) is 0 Å². The zero-order valence-electron chi connectivity index (χ0n) is 8.21. The number of hydrogen-bond acceptors (Lipinski definition) is 0. The highest BCUT2D eigenvalue weighted by Gasteiger charge is 2.15. The first-order valence-electron chi connectivity index (χ1n) is 5.18. The molecule has 0 fully saturated rings. The van der Waals surface area contributed by atoms with Crippen LogP contribution in [-0.2, 0) is 0 Å². The topological polar surface area (TPSA) is 0 Å². The van der Waals surface area contributed by atoms with Crippen molar-refractivity contribution in [2.24, 2.45) is 11.8 Å². The molecule has 1 rings (SSSR count). The van der Waals surface area contributed by atoms with E-state index >= 15 is 0 Å². The molecule has 0 spiro atoms. The first kappa shape index (κ1) is 10.5. The predicted molar refractivity (Wildman–Crippen MR) is 55.4 cm³/mol. The Balaban J connectivity index is 2.27. The van der Waals surface area contributed by atoms with Gasteiger partial charge >= 0.3 is 0 Å². The fourth-order valence-corrected chi connectivity index (χ4v) is 2.00. The summed E-state index contributed by atoms with van der Waals surface area (Å²) in [5.74, 6) is 0.930. The molecule has 0 nitrogen and oxygen atoms in total. The fraction of sp³-hybridized carbons (Fsp3) is 0.667. The zero-order chi connectivity index (χ0) is 9.52. The second kappa shape index (κ2) is 5.95. The van der Waals surface area contributed by atoms with Crippen LogP contribution in [0.4, 0.5) is 4.39 Å². The molecule has 0 saturated carbocycles. The summed E-state index contributed by atoms with van der Waals surface area (Å²) in [6.45, 7) is 3.47. The van der Waals surface area contributed by atoms with E-state index < -0.39 is 0 Å². The van der Waals surface area contributed by atoms with Crippen LogP contribution in [0.3, 0.4) is 0 Å². The molecule has 0 heterocycles. The van der Waals surface area contributed by atoms with Crippen molar-refractivity contribution in [2.75, 3.05) is 6.67 Å². The van der Waals surface area contributed by atoms with Gasteiger partial charge in [-0.3, -0.25) is 4.39 Å². The molecule has 13 heavy (non-hydrogen) atoms. The van der Waals surface area contributed by atoms with Gasteiger partial charge in [0.2, 0.25) is 0 Å². The van der Waals surface area contributed by atoms with E-state index in [4.69, 9.17) is 0 Å². The minimum absolute atomic E-state index is 0.188. The van der Waals surface area contributed by atoms with E-state index in [1.165, 1.54) is 12.8 Å². The summed E-state index contributed by atoms with van der Waals surface area (Å²) in [5.41, 5.74) is 0. The lowest BCUT2D eigenvalue weighted by molar-refractivity contribution is 0.286. The SMILES string of the molecule is C=CCC(CF)CC1CC=CCC1. The molecule has 1 aliphatic carbocycles. The molecule has 1 heteroatoms. The van der Waals surface area contributed by atoms with E-state index in [1.54, 1.807) is 0 Å². The highest BCUT2D eigenvalue weighted by atomic mass is 19.1. The summed E-state index contributed by atoms with van der Waals surface area (Å²) in [4.78, 5) is 0. The van der Waals surface area contributed by atoms with Gasteiger partial charge in [-0.1, -0.05) is 18.2 Å². The van der Waals surface area contributed by atoms with Gasteiger partial charge in [0.05, 0.1) is 6.67 Å². The Labute approximate surface area is 80.5 Å². The van der Waals surface area contributed by atoms with E-state index in [-0.39, 0.29) is 12.6 Å². The van der Waals surface area contributed by atoms with Crippen molar-refractivity contribution in [1.29, 1.82) is 0 Å². The predicted octanol–water partition coefficient (Wildman–Crippen LogP) is 3.89. The number of allylic oxidation sites excluding steroid dienone is 3. The van der Waals surface area contributed by atoms with Gasteiger partial charge in [0, 0.05) is 0 Å². The molecule has 0 amide bonds. The molecule has 0 aromatic heterocycles. The van der Waals surface area contributed by atoms with E-state index in [0.29, 0.717) is 5.92 Å². The Hall–Kier alpha value is -0.590. The summed E-state index contributed by atoms with van der Waals surface area (Å²) in [5, 5.41) is 0. The van der Waals surface area contributed by atoms with Crippen molar-refractivity contribution >= 4 is 0 Å². The fourth-order valence-electron chi connectivity index (χ4n) is 2.00. The molecule has 1 aliphatic rings.